The van der Waals surface area contributed by atoms with Gasteiger partial charge in [-0.2, -0.15) is 0 Å². The van der Waals surface area contributed by atoms with Crippen LogP contribution in [0.1, 0.15) is 36.0 Å². The van der Waals surface area contributed by atoms with Gasteiger partial charge in [0.2, 0.25) is 0 Å². The Kier molecular flexibility index (Phi) is 5.81. The van der Waals surface area contributed by atoms with Gasteiger partial charge in [0.15, 0.2) is 0 Å². The maximum absolute atomic E-state index is 12.2. The Hall–Kier alpha value is -0.880. The highest BCUT2D eigenvalue weighted by Gasteiger charge is 2.30. The lowest BCUT2D eigenvalue weighted by molar-refractivity contribution is -0.144. The van der Waals surface area contributed by atoms with Crippen molar-refractivity contribution in [2.75, 3.05) is 6.54 Å². The first-order chi connectivity index (χ1) is 9.99. The molecule has 0 saturated heterocycles. The van der Waals surface area contributed by atoms with Gasteiger partial charge in [-0.25, -0.2) is 0 Å². The van der Waals surface area contributed by atoms with Crippen LogP contribution in [0.5, 0.6) is 0 Å². The van der Waals surface area contributed by atoms with Gasteiger partial charge in [-0.1, -0.05) is 28.8 Å². The van der Waals surface area contributed by atoms with Crippen molar-refractivity contribution in [3.05, 3.63) is 32.7 Å². The Labute approximate surface area is 140 Å². The number of rotatable bonds is 4. The molecule has 1 saturated carbocycles. The summed E-state index contributed by atoms with van der Waals surface area (Å²) in [5, 5.41) is 12.1. The van der Waals surface area contributed by atoms with Crippen molar-refractivity contribution in [1.29, 1.82) is 0 Å². The second kappa shape index (κ2) is 7.40. The quantitative estimate of drug-likeness (QED) is 0.780. The topological polar surface area (TPSA) is 66.4 Å². The Bertz CT molecular complexity index is 548. The summed E-state index contributed by atoms with van der Waals surface area (Å²) in [5.41, 5.74) is 0.556. The van der Waals surface area contributed by atoms with Crippen molar-refractivity contribution in [1.82, 2.24) is 5.32 Å². The van der Waals surface area contributed by atoms with Gasteiger partial charge in [0.1, 0.15) is 0 Å². The molecule has 2 rings (SSSR count). The summed E-state index contributed by atoms with van der Waals surface area (Å²) in [7, 11) is 0. The molecular formula is C15H17Br2NO3. The van der Waals surface area contributed by atoms with Gasteiger partial charge in [0.25, 0.3) is 5.91 Å². The van der Waals surface area contributed by atoms with E-state index < -0.39 is 5.97 Å². The van der Waals surface area contributed by atoms with E-state index >= 15 is 0 Å². The third-order valence-electron chi connectivity index (χ3n) is 3.93. The number of amides is 1. The van der Waals surface area contributed by atoms with Gasteiger partial charge >= 0.3 is 5.97 Å². The lowest BCUT2D eigenvalue weighted by Crippen LogP contribution is -2.37. The molecule has 1 aliphatic carbocycles. The minimum absolute atomic E-state index is 0.0226. The minimum Gasteiger partial charge on any atom is -0.481 e. The van der Waals surface area contributed by atoms with Gasteiger partial charge in [0, 0.05) is 15.5 Å². The Morgan fingerprint density at radius 1 is 1.24 bits per heavy atom. The Morgan fingerprint density at radius 3 is 2.62 bits per heavy atom. The van der Waals surface area contributed by atoms with E-state index in [9.17, 15) is 14.7 Å². The number of benzene rings is 1. The van der Waals surface area contributed by atoms with Crippen molar-refractivity contribution in [3.63, 3.8) is 0 Å². The molecule has 2 atom stereocenters. The molecule has 0 spiro atoms. The van der Waals surface area contributed by atoms with Crippen LogP contribution >= 0.6 is 31.9 Å². The van der Waals surface area contributed by atoms with Gasteiger partial charge in [0.05, 0.1) is 11.5 Å². The normalized spacial score (nSPS) is 21.8. The van der Waals surface area contributed by atoms with Gasteiger partial charge in [-0.15, -0.1) is 0 Å². The van der Waals surface area contributed by atoms with Crippen LogP contribution in [-0.4, -0.2) is 23.5 Å². The molecule has 21 heavy (non-hydrogen) atoms. The van der Waals surface area contributed by atoms with Crippen LogP contribution < -0.4 is 5.32 Å². The van der Waals surface area contributed by atoms with E-state index in [0.29, 0.717) is 23.0 Å². The molecule has 1 aliphatic rings. The fourth-order valence-corrected chi connectivity index (χ4v) is 4.00. The van der Waals surface area contributed by atoms with Crippen LogP contribution in [0, 0.1) is 11.8 Å². The highest BCUT2D eigenvalue weighted by molar-refractivity contribution is 9.11. The predicted molar refractivity (Wildman–Crippen MR) is 87.3 cm³/mol. The second-order valence-electron chi connectivity index (χ2n) is 5.32. The SMILES string of the molecule is O=C(NCC1CCCCC1C(=O)O)c1ccc(Br)cc1Br. The predicted octanol–water partition coefficient (Wildman–Crippen LogP) is 3.83. The first kappa shape index (κ1) is 16.5. The van der Waals surface area contributed by atoms with E-state index in [1.807, 2.05) is 6.07 Å². The number of hydrogen-bond donors (Lipinski definition) is 2. The molecule has 0 bridgehead atoms. The smallest absolute Gasteiger partial charge is 0.306 e. The maximum atomic E-state index is 12.2. The highest BCUT2D eigenvalue weighted by atomic mass is 79.9. The number of nitrogens with one attached hydrogen (secondary N) is 1. The Balaban J connectivity index is 1.98. The zero-order valence-electron chi connectivity index (χ0n) is 11.4. The van der Waals surface area contributed by atoms with E-state index in [2.05, 4.69) is 37.2 Å². The highest BCUT2D eigenvalue weighted by Crippen LogP contribution is 2.30. The van der Waals surface area contributed by atoms with Crippen LogP contribution in [-0.2, 0) is 4.79 Å². The molecule has 2 unspecified atom stereocenters. The lowest BCUT2D eigenvalue weighted by Gasteiger charge is -2.28. The van der Waals surface area contributed by atoms with Gasteiger partial charge in [-0.05, 0) is 52.9 Å². The molecule has 1 amide bonds. The third-order valence-corrected chi connectivity index (χ3v) is 5.08. The lowest BCUT2D eigenvalue weighted by atomic mass is 9.79. The summed E-state index contributed by atoms with van der Waals surface area (Å²) in [6.45, 7) is 0.415. The standard InChI is InChI=1S/C15H17Br2NO3/c16-10-5-6-12(13(17)7-10)14(19)18-8-9-3-1-2-4-11(9)15(20)21/h5-7,9,11H,1-4,8H2,(H,18,19)(H,20,21). The molecule has 6 heteroatoms. The van der Waals surface area contributed by atoms with E-state index in [1.165, 1.54) is 0 Å². The minimum atomic E-state index is -0.751. The van der Waals surface area contributed by atoms with Crippen LogP contribution in [0.4, 0.5) is 0 Å². The van der Waals surface area contributed by atoms with Crippen molar-refractivity contribution in [3.8, 4) is 0 Å². The molecule has 0 aromatic heterocycles. The molecule has 1 aromatic carbocycles. The van der Waals surface area contributed by atoms with Gasteiger partial charge < -0.3 is 10.4 Å². The first-order valence-electron chi connectivity index (χ1n) is 6.95. The van der Waals surface area contributed by atoms with Crippen molar-refractivity contribution in [2.45, 2.75) is 25.7 Å². The average molecular weight is 419 g/mol. The van der Waals surface area contributed by atoms with Crippen molar-refractivity contribution in [2.24, 2.45) is 11.8 Å². The Morgan fingerprint density at radius 2 is 1.95 bits per heavy atom. The first-order valence-corrected chi connectivity index (χ1v) is 8.53. The number of carbonyl (C=O) groups excluding carboxylic acids is 1. The van der Waals surface area contributed by atoms with Gasteiger partial charge in [-0.3, -0.25) is 9.59 Å². The molecule has 1 aromatic rings. The summed E-state index contributed by atoms with van der Waals surface area (Å²) in [4.78, 5) is 23.4. The maximum Gasteiger partial charge on any atom is 0.306 e. The summed E-state index contributed by atoms with van der Waals surface area (Å²) < 4.78 is 1.61. The van der Waals surface area contributed by atoms with E-state index in [-0.39, 0.29) is 17.7 Å². The molecule has 0 radical (unpaired) electrons. The monoisotopic (exact) mass is 417 g/mol. The zero-order valence-corrected chi connectivity index (χ0v) is 14.6. The molecular weight excluding hydrogens is 402 g/mol. The summed E-state index contributed by atoms with van der Waals surface area (Å²) in [5.74, 6) is -1.25. The third kappa shape index (κ3) is 4.30. The zero-order chi connectivity index (χ0) is 15.4. The average Bonchev–Trinajstić information content (AvgIpc) is 2.45. The van der Waals surface area contributed by atoms with Crippen molar-refractivity contribution >= 4 is 43.7 Å². The summed E-state index contributed by atoms with van der Waals surface area (Å²) in [6.07, 6.45) is 3.56. The van der Waals surface area contributed by atoms with Crippen molar-refractivity contribution < 1.29 is 14.7 Å². The fraction of sp³-hybridized carbons (Fsp3) is 0.467. The van der Waals surface area contributed by atoms with Crippen LogP contribution in [0.2, 0.25) is 0 Å². The summed E-state index contributed by atoms with van der Waals surface area (Å²) >= 11 is 6.71. The van der Waals surface area contributed by atoms with E-state index in [4.69, 9.17) is 0 Å². The van der Waals surface area contributed by atoms with E-state index in [0.717, 1.165) is 23.7 Å². The second-order valence-corrected chi connectivity index (χ2v) is 7.09. The molecule has 0 aliphatic heterocycles. The fourth-order valence-electron chi connectivity index (χ4n) is 2.77. The number of halogens is 2. The molecule has 0 heterocycles. The number of carbonyl (C=O) groups is 2. The molecule has 114 valence electrons. The number of carboxylic acid groups (broad SMARTS) is 1. The molecule has 4 nitrogen and oxygen atoms in total. The number of hydrogen-bond acceptors (Lipinski definition) is 2. The largest absolute Gasteiger partial charge is 0.481 e. The van der Waals surface area contributed by atoms with Crippen LogP contribution in [0.15, 0.2) is 27.1 Å². The van der Waals surface area contributed by atoms with Crippen LogP contribution in [0.3, 0.4) is 0 Å². The number of carboxylic acids is 1. The number of aliphatic carboxylic acids is 1. The van der Waals surface area contributed by atoms with E-state index in [1.54, 1.807) is 12.1 Å². The van der Waals surface area contributed by atoms with Crippen LogP contribution in [0.25, 0.3) is 0 Å². The molecule has 1 fully saturated rings. The molecule has 2 N–H and O–H groups in total. The summed E-state index contributed by atoms with van der Waals surface area (Å²) in [6, 6.07) is 5.36.